The third-order valence-corrected chi connectivity index (χ3v) is 7.17. The van der Waals surface area contributed by atoms with Gasteiger partial charge in [0.2, 0.25) is 0 Å². The average Bonchev–Trinajstić information content (AvgIpc) is 3.31. The largest absolute Gasteiger partial charge is 0.454 e. The van der Waals surface area contributed by atoms with Crippen LogP contribution in [0, 0.1) is 11.6 Å². The van der Waals surface area contributed by atoms with E-state index in [4.69, 9.17) is 4.74 Å². The number of aromatic amines is 1. The topological polar surface area (TPSA) is 93.2 Å². The summed E-state index contributed by atoms with van der Waals surface area (Å²) < 4.78 is 59.8. The van der Waals surface area contributed by atoms with Crippen LogP contribution in [0.4, 0.5) is 14.5 Å². The second kappa shape index (κ2) is 9.79. The second-order valence-electron chi connectivity index (χ2n) is 8.87. The van der Waals surface area contributed by atoms with Crippen LogP contribution in [0.1, 0.15) is 5.69 Å². The number of hydrogen-bond acceptors (Lipinski definition) is 5. The van der Waals surface area contributed by atoms with Gasteiger partial charge in [0.05, 0.1) is 11.4 Å². The van der Waals surface area contributed by atoms with E-state index in [1.54, 1.807) is 19.3 Å². The summed E-state index contributed by atoms with van der Waals surface area (Å²) >= 11 is 0. The van der Waals surface area contributed by atoms with Crippen molar-refractivity contribution in [1.82, 2.24) is 9.55 Å². The number of aryl methyl sites for hydroxylation is 1. The molecular weight excluding hydrogens is 512 g/mol. The fourth-order valence-corrected chi connectivity index (χ4v) is 4.82. The SMILES string of the molecule is Cn1cc(-c2cc(S(C)(=O)=O)ccc2Oc2ccc(F)cc2F)c2cc(CNc3ccccc3)[nH]c2c1=O. The van der Waals surface area contributed by atoms with Gasteiger partial charge in [-0.3, -0.25) is 4.79 Å². The van der Waals surface area contributed by atoms with Gasteiger partial charge in [0.25, 0.3) is 5.56 Å². The van der Waals surface area contributed by atoms with E-state index in [0.717, 1.165) is 29.8 Å². The molecule has 5 aromatic rings. The number of fused-ring (bicyclic) bond motifs is 1. The Kier molecular flexibility index (Phi) is 6.50. The summed E-state index contributed by atoms with van der Waals surface area (Å²) in [7, 11) is -2.03. The molecule has 3 aromatic carbocycles. The van der Waals surface area contributed by atoms with Gasteiger partial charge < -0.3 is 19.6 Å². The Hall–Kier alpha value is -4.44. The molecule has 0 unspecified atom stereocenters. The van der Waals surface area contributed by atoms with Crippen molar-refractivity contribution in [2.45, 2.75) is 11.4 Å². The molecule has 0 bridgehead atoms. The van der Waals surface area contributed by atoms with Crippen molar-refractivity contribution in [1.29, 1.82) is 0 Å². The minimum absolute atomic E-state index is 0.0166. The van der Waals surface area contributed by atoms with Gasteiger partial charge in [0.1, 0.15) is 17.1 Å². The van der Waals surface area contributed by atoms with Gasteiger partial charge in [-0.05, 0) is 48.5 Å². The fourth-order valence-electron chi connectivity index (χ4n) is 4.17. The molecule has 0 saturated carbocycles. The molecule has 2 N–H and O–H groups in total. The summed E-state index contributed by atoms with van der Waals surface area (Å²) in [5.74, 6) is -1.77. The van der Waals surface area contributed by atoms with E-state index in [1.165, 1.54) is 22.8 Å². The molecule has 10 heteroatoms. The van der Waals surface area contributed by atoms with Gasteiger partial charge in [-0.15, -0.1) is 0 Å². The lowest BCUT2D eigenvalue weighted by atomic mass is 10.0. The number of aromatic nitrogens is 2. The maximum Gasteiger partial charge on any atom is 0.274 e. The minimum Gasteiger partial charge on any atom is -0.454 e. The lowest BCUT2D eigenvalue weighted by Crippen LogP contribution is -2.16. The van der Waals surface area contributed by atoms with E-state index in [2.05, 4.69) is 10.3 Å². The molecule has 0 amide bonds. The second-order valence-corrected chi connectivity index (χ2v) is 10.9. The number of benzene rings is 3. The molecular formula is C28H23F2N3O4S. The third kappa shape index (κ3) is 5.03. The van der Waals surface area contributed by atoms with E-state index in [0.29, 0.717) is 34.6 Å². The van der Waals surface area contributed by atoms with Crippen molar-refractivity contribution in [3.05, 3.63) is 107 Å². The summed E-state index contributed by atoms with van der Waals surface area (Å²) in [6.07, 6.45) is 2.65. The van der Waals surface area contributed by atoms with Crippen LogP contribution in [-0.2, 0) is 23.4 Å². The molecule has 0 aliphatic carbocycles. The minimum atomic E-state index is -3.61. The molecule has 0 radical (unpaired) electrons. The van der Waals surface area contributed by atoms with Crippen LogP contribution >= 0.6 is 0 Å². The third-order valence-electron chi connectivity index (χ3n) is 6.06. The molecule has 0 fully saturated rings. The van der Waals surface area contributed by atoms with Crippen LogP contribution in [0.3, 0.4) is 0 Å². The first-order chi connectivity index (χ1) is 18.1. The standard InChI is InChI=1S/C28H23F2N3O4S/c1-33-16-23(22-13-19(32-27(22)28(33)34)15-31-18-6-4-3-5-7-18)21-14-20(38(2,35)36)9-11-25(21)37-26-10-8-17(29)12-24(26)30/h3-14,16,31-32H,15H2,1-2H3. The number of ether oxygens (including phenoxy) is 1. The molecule has 2 aromatic heterocycles. The highest BCUT2D eigenvalue weighted by molar-refractivity contribution is 7.90. The number of para-hydroxylation sites is 1. The number of rotatable bonds is 7. The normalized spacial score (nSPS) is 11.6. The highest BCUT2D eigenvalue weighted by Crippen LogP contribution is 2.39. The Morgan fingerprint density at radius 3 is 2.39 bits per heavy atom. The lowest BCUT2D eigenvalue weighted by molar-refractivity contribution is 0.438. The van der Waals surface area contributed by atoms with Crippen LogP contribution in [0.5, 0.6) is 11.5 Å². The number of hydrogen-bond donors (Lipinski definition) is 2. The number of nitrogens with zero attached hydrogens (tertiary/aromatic N) is 1. The van der Waals surface area contributed by atoms with Gasteiger partial charge in [0.15, 0.2) is 21.4 Å². The number of pyridine rings is 1. The van der Waals surface area contributed by atoms with E-state index in [-0.39, 0.29) is 22.0 Å². The van der Waals surface area contributed by atoms with E-state index >= 15 is 0 Å². The van der Waals surface area contributed by atoms with Crippen LogP contribution in [0.2, 0.25) is 0 Å². The first-order valence-corrected chi connectivity index (χ1v) is 13.5. The van der Waals surface area contributed by atoms with Crippen molar-refractivity contribution in [2.24, 2.45) is 7.05 Å². The molecule has 0 saturated heterocycles. The zero-order valence-corrected chi connectivity index (χ0v) is 21.3. The molecule has 194 valence electrons. The fraction of sp³-hybridized carbons (Fsp3) is 0.107. The maximum atomic E-state index is 14.4. The number of nitrogens with one attached hydrogen (secondary N) is 2. The van der Waals surface area contributed by atoms with Crippen molar-refractivity contribution < 1.29 is 21.9 Å². The van der Waals surface area contributed by atoms with Crippen molar-refractivity contribution in [2.75, 3.05) is 11.6 Å². The predicted molar refractivity (Wildman–Crippen MR) is 142 cm³/mol. The monoisotopic (exact) mass is 535 g/mol. The van der Waals surface area contributed by atoms with Crippen LogP contribution in [0.15, 0.2) is 88.7 Å². The summed E-state index contributed by atoms with van der Waals surface area (Å²) in [5.41, 5.74) is 2.47. The van der Waals surface area contributed by atoms with Gasteiger partial charge in [-0.1, -0.05) is 18.2 Å². The van der Waals surface area contributed by atoms with Gasteiger partial charge in [-0.2, -0.15) is 0 Å². The van der Waals surface area contributed by atoms with Gasteiger partial charge >= 0.3 is 0 Å². The summed E-state index contributed by atoms with van der Waals surface area (Å²) in [6, 6.07) is 18.4. The molecule has 7 nitrogen and oxygen atoms in total. The van der Waals surface area contributed by atoms with Crippen LogP contribution in [0.25, 0.3) is 22.0 Å². The molecule has 5 rings (SSSR count). The number of sulfone groups is 1. The molecule has 0 aliphatic heterocycles. The quantitative estimate of drug-likeness (QED) is 0.282. The Morgan fingerprint density at radius 2 is 1.68 bits per heavy atom. The summed E-state index contributed by atoms with van der Waals surface area (Å²) in [6.45, 7) is 0.398. The molecule has 0 spiro atoms. The van der Waals surface area contributed by atoms with E-state index < -0.39 is 21.5 Å². The lowest BCUT2D eigenvalue weighted by Gasteiger charge is -2.15. The molecule has 2 heterocycles. The van der Waals surface area contributed by atoms with E-state index in [1.807, 2.05) is 30.3 Å². The van der Waals surface area contributed by atoms with Gasteiger partial charge in [-0.25, -0.2) is 17.2 Å². The summed E-state index contributed by atoms with van der Waals surface area (Å²) in [4.78, 5) is 16.2. The summed E-state index contributed by atoms with van der Waals surface area (Å²) in [5, 5.41) is 3.82. The smallest absolute Gasteiger partial charge is 0.274 e. The highest BCUT2D eigenvalue weighted by Gasteiger charge is 2.20. The van der Waals surface area contributed by atoms with Gasteiger partial charge in [0, 0.05) is 53.5 Å². The number of H-pyrrole nitrogens is 1. The number of halogens is 2. The Bertz CT molecular complexity index is 1830. The van der Waals surface area contributed by atoms with Crippen molar-refractivity contribution in [3.63, 3.8) is 0 Å². The Balaban J connectivity index is 1.66. The Morgan fingerprint density at radius 1 is 0.947 bits per heavy atom. The van der Waals surface area contributed by atoms with Crippen LogP contribution < -0.4 is 15.6 Å². The molecule has 0 aliphatic rings. The first kappa shape index (κ1) is 25.2. The number of anilines is 1. The Labute approximate surface area is 217 Å². The van der Waals surface area contributed by atoms with E-state index in [9.17, 15) is 22.0 Å². The average molecular weight is 536 g/mol. The maximum absolute atomic E-state index is 14.4. The zero-order chi connectivity index (χ0) is 27.0. The molecule has 38 heavy (non-hydrogen) atoms. The zero-order valence-electron chi connectivity index (χ0n) is 20.5. The first-order valence-electron chi connectivity index (χ1n) is 11.6. The molecule has 0 atom stereocenters. The van der Waals surface area contributed by atoms with Crippen molar-refractivity contribution in [3.8, 4) is 22.6 Å². The highest BCUT2D eigenvalue weighted by atomic mass is 32.2. The predicted octanol–water partition coefficient (Wildman–Crippen LogP) is 5.62. The van der Waals surface area contributed by atoms with Crippen LogP contribution in [-0.4, -0.2) is 24.2 Å². The van der Waals surface area contributed by atoms with Crippen molar-refractivity contribution >= 4 is 26.4 Å².